The predicted molar refractivity (Wildman–Crippen MR) is 81.7 cm³/mol. The van der Waals surface area contributed by atoms with Crippen molar-refractivity contribution in [2.45, 2.75) is 45.4 Å². The van der Waals surface area contributed by atoms with Crippen molar-refractivity contribution in [2.24, 2.45) is 0 Å². The minimum Gasteiger partial charge on any atom is -0.373 e. The number of aromatic nitrogens is 1. The van der Waals surface area contributed by atoms with Gasteiger partial charge in [0.2, 0.25) is 0 Å². The van der Waals surface area contributed by atoms with Crippen LogP contribution in [0.15, 0.2) is 18.3 Å². The molecule has 3 atom stereocenters. The molecule has 2 heterocycles. The van der Waals surface area contributed by atoms with Gasteiger partial charge in [-0.15, -0.1) is 0 Å². The van der Waals surface area contributed by atoms with Crippen LogP contribution in [0.3, 0.4) is 0 Å². The molecule has 3 unspecified atom stereocenters. The van der Waals surface area contributed by atoms with Gasteiger partial charge in [-0.1, -0.05) is 6.92 Å². The van der Waals surface area contributed by atoms with Crippen LogP contribution in [0.25, 0.3) is 0 Å². The number of ether oxygens (including phenoxy) is 1. The number of nitrogens with one attached hydrogen (secondary N) is 1. The molecule has 1 aliphatic rings. The first-order chi connectivity index (χ1) is 10.1. The largest absolute Gasteiger partial charge is 0.373 e. The number of pyridine rings is 1. The summed E-state index contributed by atoms with van der Waals surface area (Å²) in [5.74, 6) is -0.287. The Balaban J connectivity index is 1.92. The molecule has 118 valence electrons. The lowest BCUT2D eigenvalue weighted by molar-refractivity contribution is -0.0686. The lowest BCUT2D eigenvalue weighted by atomic mass is 10.1. The van der Waals surface area contributed by atoms with Gasteiger partial charge < -0.3 is 10.1 Å². The minimum absolute atomic E-state index is 0.170. The molecule has 1 saturated heterocycles. The molecule has 0 radical (unpaired) electrons. The maximum Gasteiger partial charge on any atom is 0.141 e. The monoisotopic (exact) mass is 295 g/mol. The molecular formula is C16H26FN3O. The van der Waals surface area contributed by atoms with Crippen molar-refractivity contribution in [3.8, 4) is 0 Å². The van der Waals surface area contributed by atoms with Crippen molar-refractivity contribution < 1.29 is 9.13 Å². The van der Waals surface area contributed by atoms with Gasteiger partial charge in [-0.3, -0.25) is 9.88 Å². The zero-order valence-electron chi connectivity index (χ0n) is 13.2. The van der Waals surface area contributed by atoms with Gasteiger partial charge >= 0.3 is 0 Å². The molecule has 4 nitrogen and oxygen atoms in total. The van der Waals surface area contributed by atoms with Crippen molar-refractivity contribution in [1.82, 2.24) is 15.2 Å². The van der Waals surface area contributed by atoms with Gasteiger partial charge in [-0.05, 0) is 38.9 Å². The Morgan fingerprint density at radius 2 is 2.10 bits per heavy atom. The van der Waals surface area contributed by atoms with Crippen molar-refractivity contribution in [3.63, 3.8) is 0 Å². The van der Waals surface area contributed by atoms with Gasteiger partial charge in [0.25, 0.3) is 0 Å². The van der Waals surface area contributed by atoms with Gasteiger partial charge in [0.05, 0.1) is 30.1 Å². The molecule has 0 aromatic carbocycles. The molecule has 1 fully saturated rings. The molecule has 1 N–H and O–H groups in total. The van der Waals surface area contributed by atoms with Gasteiger partial charge in [-0.25, -0.2) is 4.39 Å². The minimum atomic E-state index is -0.287. The molecule has 5 heteroatoms. The van der Waals surface area contributed by atoms with Crippen LogP contribution in [0, 0.1) is 5.82 Å². The molecule has 1 aromatic heterocycles. The van der Waals surface area contributed by atoms with E-state index in [1.165, 1.54) is 12.3 Å². The average molecular weight is 295 g/mol. The molecule has 0 bridgehead atoms. The van der Waals surface area contributed by atoms with E-state index in [1.54, 1.807) is 6.07 Å². The number of rotatable bonds is 6. The fourth-order valence-corrected chi connectivity index (χ4v) is 2.97. The second kappa shape index (κ2) is 7.82. The van der Waals surface area contributed by atoms with Gasteiger partial charge in [0.15, 0.2) is 0 Å². The third-order valence-corrected chi connectivity index (χ3v) is 3.79. The van der Waals surface area contributed by atoms with E-state index in [1.807, 2.05) is 0 Å². The Labute approximate surface area is 126 Å². The van der Waals surface area contributed by atoms with Crippen LogP contribution in [0.5, 0.6) is 0 Å². The first-order valence-electron chi connectivity index (χ1n) is 7.81. The summed E-state index contributed by atoms with van der Waals surface area (Å²) in [4.78, 5) is 6.65. The molecule has 0 spiro atoms. The lowest BCUT2D eigenvalue weighted by Crippen LogP contribution is -2.46. The quantitative estimate of drug-likeness (QED) is 0.874. The van der Waals surface area contributed by atoms with E-state index in [0.717, 1.165) is 38.3 Å². The van der Waals surface area contributed by atoms with Gasteiger partial charge in [0.1, 0.15) is 5.82 Å². The highest BCUT2D eigenvalue weighted by atomic mass is 19.1. The van der Waals surface area contributed by atoms with E-state index in [-0.39, 0.29) is 24.1 Å². The number of hydrogen-bond donors (Lipinski definition) is 1. The highest BCUT2D eigenvalue weighted by Crippen LogP contribution is 2.17. The third kappa shape index (κ3) is 5.02. The Morgan fingerprint density at radius 3 is 2.67 bits per heavy atom. The summed E-state index contributed by atoms with van der Waals surface area (Å²) in [6.07, 6.45) is 2.83. The average Bonchev–Trinajstić information content (AvgIpc) is 2.43. The van der Waals surface area contributed by atoms with E-state index in [9.17, 15) is 4.39 Å². The number of morpholine rings is 1. The summed E-state index contributed by atoms with van der Waals surface area (Å²) in [5, 5.41) is 3.44. The molecule has 21 heavy (non-hydrogen) atoms. The standard InChI is InChI=1S/C16H26FN3O/c1-4-18-16(15-6-5-14(17)9-19-15)7-8-20-10-12(2)21-13(3)11-20/h5-6,9,12-13,16,18H,4,7-8,10-11H2,1-3H3. The fourth-order valence-electron chi connectivity index (χ4n) is 2.97. The summed E-state index contributed by atoms with van der Waals surface area (Å²) >= 11 is 0. The molecular weight excluding hydrogens is 269 g/mol. The normalized spacial score (nSPS) is 25.0. The summed E-state index contributed by atoms with van der Waals surface area (Å²) in [6, 6.07) is 3.42. The van der Waals surface area contributed by atoms with Crippen molar-refractivity contribution in [3.05, 3.63) is 29.8 Å². The van der Waals surface area contributed by atoms with E-state index in [2.05, 4.69) is 36.0 Å². The van der Waals surface area contributed by atoms with Crippen LogP contribution in [0.1, 0.15) is 38.9 Å². The molecule has 1 aliphatic heterocycles. The number of nitrogens with zero attached hydrogens (tertiary/aromatic N) is 2. The summed E-state index contributed by atoms with van der Waals surface area (Å²) in [5.41, 5.74) is 0.910. The smallest absolute Gasteiger partial charge is 0.141 e. The molecule has 0 saturated carbocycles. The zero-order chi connectivity index (χ0) is 15.2. The second-order valence-corrected chi connectivity index (χ2v) is 5.82. The Bertz CT molecular complexity index is 416. The maximum absolute atomic E-state index is 13.0. The molecule has 0 aliphatic carbocycles. The first-order valence-corrected chi connectivity index (χ1v) is 7.81. The summed E-state index contributed by atoms with van der Waals surface area (Å²) < 4.78 is 18.8. The summed E-state index contributed by atoms with van der Waals surface area (Å²) in [7, 11) is 0. The van der Waals surface area contributed by atoms with Crippen molar-refractivity contribution >= 4 is 0 Å². The topological polar surface area (TPSA) is 37.4 Å². The molecule has 0 amide bonds. The van der Waals surface area contributed by atoms with E-state index >= 15 is 0 Å². The fraction of sp³-hybridized carbons (Fsp3) is 0.688. The van der Waals surface area contributed by atoms with E-state index < -0.39 is 0 Å². The highest BCUT2D eigenvalue weighted by Gasteiger charge is 2.23. The van der Waals surface area contributed by atoms with Crippen molar-refractivity contribution in [2.75, 3.05) is 26.2 Å². The third-order valence-electron chi connectivity index (χ3n) is 3.79. The number of halogens is 1. The first kappa shape index (κ1) is 16.3. The van der Waals surface area contributed by atoms with Crippen LogP contribution in [0.2, 0.25) is 0 Å². The van der Waals surface area contributed by atoms with E-state index in [4.69, 9.17) is 4.74 Å². The van der Waals surface area contributed by atoms with Crippen LogP contribution < -0.4 is 5.32 Å². The Morgan fingerprint density at radius 1 is 1.38 bits per heavy atom. The van der Waals surface area contributed by atoms with Crippen LogP contribution in [-0.4, -0.2) is 48.3 Å². The highest BCUT2D eigenvalue weighted by molar-refractivity contribution is 5.10. The number of hydrogen-bond acceptors (Lipinski definition) is 4. The zero-order valence-corrected chi connectivity index (χ0v) is 13.2. The van der Waals surface area contributed by atoms with Gasteiger partial charge in [0, 0.05) is 19.6 Å². The second-order valence-electron chi connectivity index (χ2n) is 5.82. The Kier molecular flexibility index (Phi) is 6.08. The molecule has 1 aromatic rings. The molecule has 2 rings (SSSR count). The summed E-state index contributed by atoms with van der Waals surface area (Å²) in [6.45, 7) is 10.1. The van der Waals surface area contributed by atoms with Crippen molar-refractivity contribution in [1.29, 1.82) is 0 Å². The maximum atomic E-state index is 13.0. The van der Waals surface area contributed by atoms with E-state index in [0.29, 0.717) is 0 Å². The van der Waals surface area contributed by atoms with Crippen LogP contribution in [0.4, 0.5) is 4.39 Å². The Hall–Kier alpha value is -1.04. The van der Waals surface area contributed by atoms with Crippen LogP contribution >= 0.6 is 0 Å². The van der Waals surface area contributed by atoms with Gasteiger partial charge in [-0.2, -0.15) is 0 Å². The van der Waals surface area contributed by atoms with Crippen LogP contribution in [-0.2, 0) is 4.74 Å². The lowest BCUT2D eigenvalue weighted by Gasteiger charge is -2.36. The predicted octanol–water partition coefficient (Wildman–Crippen LogP) is 2.37. The SMILES string of the molecule is CCNC(CCN1CC(C)OC(C)C1)c1ccc(F)cn1.